The molecule has 4 atom stereocenters. The van der Waals surface area contributed by atoms with E-state index in [1.165, 1.54) is 0 Å². The van der Waals surface area contributed by atoms with Crippen molar-refractivity contribution in [2.24, 2.45) is 11.8 Å². The number of hydrogen-bond donors (Lipinski definition) is 0. The normalized spacial score (nSPS) is 29.0. The van der Waals surface area contributed by atoms with Crippen molar-refractivity contribution in [3.05, 3.63) is 59.3 Å². The summed E-state index contributed by atoms with van der Waals surface area (Å²) in [5.41, 5.74) is 1.91. The third-order valence-electron chi connectivity index (χ3n) is 6.51. The molecule has 2 amide bonds. The van der Waals surface area contributed by atoms with Gasteiger partial charge in [-0.25, -0.2) is 0 Å². The molecular formula is C22H24N4O4. The van der Waals surface area contributed by atoms with Crippen LogP contribution in [0.4, 0.5) is 0 Å². The zero-order valence-electron chi connectivity index (χ0n) is 17.2. The molecule has 2 fully saturated rings. The van der Waals surface area contributed by atoms with Crippen molar-refractivity contribution >= 4 is 11.8 Å². The SMILES string of the molecule is Cc1noc(C)c1CN(C)C(=O)[C@H]1[C@@H]2C=C[C@@]3(CN(Cc4cccnc4)C(=O)[C@@H]13)O2. The van der Waals surface area contributed by atoms with Gasteiger partial charge in [0.05, 0.1) is 36.7 Å². The first kappa shape index (κ1) is 19.0. The molecule has 0 unspecified atom stereocenters. The number of nitrogens with zero attached hydrogens (tertiary/aromatic N) is 4. The predicted molar refractivity (Wildman–Crippen MR) is 106 cm³/mol. The number of pyridine rings is 1. The van der Waals surface area contributed by atoms with Crippen LogP contribution in [0.15, 0.2) is 41.2 Å². The molecule has 0 aliphatic carbocycles. The third kappa shape index (κ3) is 2.78. The lowest BCUT2D eigenvalue weighted by Gasteiger charge is -2.27. The molecule has 2 aromatic heterocycles. The van der Waals surface area contributed by atoms with Gasteiger partial charge in [0.2, 0.25) is 11.8 Å². The van der Waals surface area contributed by atoms with Gasteiger partial charge < -0.3 is 19.1 Å². The van der Waals surface area contributed by atoms with Crippen LogP contribution in [0.25, 0.3) is 0 Å². The van der Waals surface area contributed by atoms with E-state index in [0.29, 0.717) is 25.4 Å². The van der Waals surface area contributed by atoms with Crippen molar-refractivity contribution in [2.75, 3.05) is 13.6 Å². The standard InChI is InChI=1S/C22H24N4O4/c1-13-16(14(2)30-24-13)11-25(3)20(27)18-17-6-7-22(29-17)12-26(21(28)19(18)22)10-15-5-4-8-23-9-15/h4-9,17-19H,10-12H2,1-3H3/t17-,18-,19+,22-/m0/s1. The maximum atomic E-state index is 13.4. The predicted octanol–water partition coefficient (Wildman–Crippen LogP) is 1.63. The number of hydrogen-bond acceptors (Lipinski definition) is 6. The molecule has 30 heavy (non-hydrogen) atoms. The van der Waals surface area contributed by atoms with Crippen LogP contribution in [0.5, 0.6) is 0 Å². The second-order valence-electron chi connectivity index (χ2n) is 8.45. The maximum absolute atomic E-state index is 13.4. The van der Waals surface area contributed by atoms with E-state index >= 15 is 0 Å². The summed E-state index contributed by atoms with van der Waals surface area (Å²) in [6.07, 6.45) is 7.01. The van der Waals surface area contributed by atoms with E-state index in [4.69, 9.17) is 9.26 Å². The lowest BCUT2D eigenvalue weighted by molar-refractivity contribution is -0.142. The van der Waals surface area contributed by atoms with Crippen LogP contribution in [0.2, 0.25) is 0 Å². The second-order valence-corrected chi connectivity index (χ2v) is 8.45. The summed E-state index contributed by atoms with van der Waals surface area (Å²) in [5.74, 6) is -0.439. The van der Waals surface area contributed by atoms with E-state index in [0.717, 1.165) is 16.8 Å². The largest absolute Gasteiger partial charge is 0.361 e. The first-order chi connectivity index (χ1) is 14.4. The van der Waals surface area contributed by atoms with E-state index in [9.17, 15) is 9.59 Å². The minimum atomic E-state index is -0.714. The van der Waals surface area contributed by atoms with E-state index in [1.54, 1.807) is 29.2 Å². The van der Waals surface area contributed by atoms with Crippen LogP contribution in [0.1, 0.15) is 22.6 Å². The van der Waals surface area contributed by atoms with Gasteiger partial charge in [-0.1, -0.05) is 23.4 Å². The molecule has 5 heterocycles. The average molecular weight is 408 g/mol. The van der Waals surface area contributed by atoms with E-state index in [2.05, 4.69) is 10.1 Å². The van der Waals surface area contributed by atoms with Gasteiger partial charge in [0.25, 0.3) is 0 Å². The molecule has 8 heteroatoms. The number of ether oxygens (including phenoxy) is 1. The van der Waals surface area contributed by atoms with E-state index in [1.807, 2.05) is 38.1 Å². The Morgan fingerprint density at radius 1 is 1.40 bits per heavy atom. The molecule has 8 nitrogen and oxygen atoms in total. The lowest BCUT2D eigenvalue weighted by atomic mass is 9.76. The number of aryl methyl sites for hydroxylation is 2. The molecule has 1 spiro atoms. The first-order valence-electron chi connectivity index (χ1n) is 10.1. The van der Waals surface area contributed by atoms with Gasteiger partial charge in [0.1, 0.15) is 11.4 Å². The molecule has 0 saturated carbocycles. The molecule has 2 saturated heterocycles. The molecule has 2 bridgehead atoms. The summed E-state index contributed by atoms with van der Waals surface area (Å²) in [6.45, 7) is 5.00. The first-order valence-corrected chi connectivity index (χ1v) is 10.1. The Bertz CT molecular complexity index is 1010. The number of rotatable bonds is 5. The highest BCUT2D eigenvalue weighted by atomic mass is 16.5. The van der Waals surface area contributed by atoms with Crippen LogP contribution in [-0.4, -0.2) is 57.1 Å². The Morgan fingerprint density at radius 2 is 2.23 bits per heavy atom. The Hall–Kier alpha value is -3.00. The minimum Gasteiger partial charge on any atom is -0.361 e. The van der Waals surface area contributed by atoms with Crippen molar-refractivity contribution in [3.8, 4) is 0 Å². The van der Waals surface area contributed by atoms with E-state index < -0.39 is 17.4 Å². The van der Waals surface area contributed by atoms with Gasteiger partial charge in [-0.15, -0.1) is 0 Å². The van der Waals surface area contributed by atoms with Crippen molar-refractivity contribution < 1.29 is 18.8 Å². The van der Waals surface area contributed by atoms with Crippen LogP contribution < -0.4 is 0 Å². The molecule has 0 N–H and O–H groups in total. The molecule has 3 aliphatic heterocycles. The van der Waals surface area contributed by atoms with Crippen molar-refractivity contribution in [1.82, 2.24) is 19.9 Å². The van der Waals surface area contributed by atoms with Crippen molar-refractivity contribution in [1.29, 1.82) is 0 Å². The molecule has 5 rings (SSSR count). The third-order valence-corrected chi connectivity index (χ3v) is 6.51. The summed E-state index contributed by atoms with van der Waals surface area (Å²) in [5, 5.41) is 3.96. The molecule has 156 valence electrons. The number of carbonyl (C=O) groups excluding carboxylic acids is 2. The van der Waals surface area contributed by atoms with Crippen molar-refractivity contribution in [3.63, 3.8) is 0 Å². The maximum Gasteiger partial charge on any atom is 0.230 e. The summed E-state index contributed by atoms with van der Waals surface area (Å²) in [4.78, 5) is 34.3. The lowest BCUT2D eigenvalue weighted by Crippen LogP contribution is -2.44. The fraction of sp³-hybridized carbons (Fsp3) is 0.455. The Labute approximate surface area is 174 Å². The quantitative estimate of drug-likeness (QED) is 0.699. The zero-order chi connectivity index (χ0) is 21.0. The molecule has 3 aliphatic rings. The number of carbonyl (C=O) groups is 2. The fourth-order valence-electron chi connectivity index (χ4n) is 5.00. The fourth-order valence-corrected chi connectivity index (χ4v) is 5.00. The highest BCUT2D eigenvalue weighted by molar-refractivity contribution is 5.93. The highest BCUT2D eigenvalue weighted by Gasteiger charge is 2.67. The zero-order valence-corrected chi connectivity index (χ0v) is 17.2. The highest BCUT2D eigenvalue weighted by Crippen LogP contribution is 2.52. The number of fused-ring (bicyclic) bond motifs is 1. The average Bonchev–Trinajstić information content (AvgIpc) is 3.45. The molecule has 2 aromatic rings. The van der Waals surface area contributed by atoms with Crippen LogP contribution in [-0.2, 0) is 27.4 Å². The number of amides is 2. The van der Waals surface area contributed by atoms with Gasteiger partial charge in [-0.05, 0) is 25.5 Å². The van der Waals surface area contributed by atoms with Crippen molar-refractivity contribution in [2.45, 2.75) is 38.6 Å². The van der Waals surface area contributed by atoms with E-state index in [-0.39, 0.29) is 17.9 Å². The van der Waals surface area contributed by atoms with Gasteiger partial charge in [0, 0.05) is 31.5 Å². The van der Waals surface area contributed by atoms with Crippen LogP contribution in [0.3, 0.4) is 0 Å². The molecular weight excluding hydrogens is 384 g/mol. The smallest absolute Gasteiger partial charge is 0.230 e. The molecule has 0 radical (unpaired) electrons. The Morgan fingerprint density at radius 3 is 2.93 bits per heavy atom. The van der Waals surface area contributed by atoms with Crippen LogP contribution >= 0.6 is 0 Å². The number of aromatic nitrogens is 2. The summed E-state index contributed by atoms with van der Waals surface area (Å²) >= 11 is 0. The summed E-state index contributed by atoms with van der Waals surface area (Å²) in [7, 11) is 1.75. The Balaban J connectivity index is 1.37. The second kappa shape index (κ2) is 6.77. The van der Waals surface area contributed by atoms with Gasteiger partial charge >= 0.3 is 0 Å². The summed E-state index contributed by atoms with van der Waals surface area (Å²) in [6, 6.07) is 3.80. The topological polar surface area (TPSA) is 88.8 Å². The molecule has 0 aromatic carbocycles. The van der Waals surface area contributed by atoms with Gasteiger partial charge in [0.15, 0.2) is 0 Å². The monoisotopic (exact) mass is 408 g/mol. The summed E-state index contributed by atoms with van der Waals surface area (Å²) < 4.78 is 11.4. The van der Waals surface area contributed by atoms with Gasteiger partial charge in [-0.2, -0.15) is 0 Å². The number of likely N-dealkylation sites (tertiary alicyclic amines) is 1. The van der Waals surface area contributed by atoms with Gasteiger partial charge in [-0.3, -0.25) is 14.6 Å². The van der Waals surface area contributed by atoms with Crippen LogP contribution in [0, 0.1) is 25.7 Å². The minimum absolute atomic E-state index is 0.0326. The Kier molecular flexibility index (Phi) is 4.28.